The maximum Gasteiger partial charge on any atom is 0.215 e. The van der Waals surface area contributed by atoms with Crippen LogP contribution in [0.4, 0.5) is 0 Å². The number of hydrogen-bond donors (Lipinski definition) is 0. The number of fused-ring (bicyclic) bond motifs is 1. The first-order valence-corrected chi connectivity index (χ1v) is 6.73. The smallest absolute Gasteiger partial charge is 0.215 e. The zero-order valence-electron chi connectivity index (χ0n) is 10.6. The minimum absolute atomic E-state index is 0.710. The fourth-order valence-corrected chi connectivity index (χ4v) is 2.57. The van der Waals surface area contributed by atoms with Crippen LogP contribution in [0.1, 0.15) is 12.5 Å². The van der Waals surface area contributed by atoms with Gasteiger partial charge in [-0.15, -0.1) is 5.10 Å². The summed E-state index contributed by atoms with van der Waals surface area (Å²) in [5.41, 5.74) is 2.20. The molecule has 0 N–H and O–H groups in total. The van der Waals surface area contributed by atoms with Gasteiger partial charge in [-0.2, -0.15) is 0 Å². The summed E-state index contributed by atoms with van der Waals surface area (Å²) in [6, 6.07) is 6.24. The highest BCUT2D eigenvalue weighted by atomic mass is 32.2. The summed E-state index contributed by atoms with van der Waals surface area (Å²) in [5.74, 6) is 0. The number of benzene rings is 1. The van der Waals surface area contributed by atoms with E-state index >= 15 is 0 Å². The Morgan fingerprint density at radius 1 is 1.26 bits per heavy atom. The summed E-state index contributed by atoms with van der Waals surface area (Å²) < 4.78 is 1.63. The number of aromatic nitrogens is 6. The standard InChI is InChI=1S/C12H12N6S/c1-3-8-4-5-10-9(6-8)11(14-7-13-10)19-12-15-16-17-18(12)2/h4-7H,3H2,1-2H3. The molecule has 0 saturated carbocycles. The van der Waals surface area contributed by atoms with Gasteiger partial charge in [-0.3, -0.25) is 0 Å². The summed E-state index contributed by atoms with van der Waals surface area (Å²) in [6.45, 7) is 2.13. The van der Waals surface area contributed by atoms with E-state index in [1.54, 1.807) is 11.0 Å². The SMILES string of the molecule is CCc1ccc2ncnc(Sc3nnnn3C)c2c1. The van der Waals surface area contributed by atoms with Crippen LogP contribution in [-0.2, 0) is 13.5 Å². The second-order valence-corrected chi connectivity index (χ2v) is 5.03. The van der Waals surface area contributed by atoms with Gasteiger partial charge in [-0.25, -0.2) is 14.6 Å². The Morgan fingerprint density at radius 3 is 2.89 bits per heavy atom. The molecule has 0 saturated heterocycles. The van der Waals surface area contributed by atoms with Crippen molar-refractivity contribution < 1.29 is 0 Å². The molecule has 0 amide bonds. The van der Waals surface area contributed by atoms with Crippen LogP contribution in [0.5, 0.6) is 0 Å². The van der Waals surface area contributed by atoms with E-state index in [9.17, 15) is 0 Å². The number of nitrogens with zero attached hydrogens (tertiary/aromatic N) is 6. The van der Waals surface area contributed by atoms with Gasteiger partial charge < -0.3 is 0 Å². The van der Waals surface area contributed by atoms with E-state index < -0.39 is 0 Å². The first kappa shape index (κ1) is 12.0. The van der Waals surface area contributed by atoms with Crippen molar-refractivity contribution in [3.63, 3.8) is 0 Å². The zero-order chi connectivity index (χ0) is 13.2. The molecule has 0 atom stereocenters. The lowest BCUT2D eigenvalue weighted by molar-refractivity contribution is 0.664. The molecule has 0 aliphatic rings. The summed E-state index contributed by atoms with van der Waals surface area (Å²) >= 11 is 1.45. The molecule has 0 fully saturated rings. The monoisotopic (exact) mass is 272 g/mol. The van der Waals surface area contributed by atoms with E-state index in [0.717, 1.165) is 22.3 Å². The highest BCUT2D eigenvalue weighted by Gasteiger charge is 2.10. The van der Waals surface area contributed by atoms with Crippen LogP contribution in [0.25, 0.3) is 10.9 Å². The Kier molecular flexibility index (Phi) is 3.12. The molecule has 0 bridgehead atoms. The van der Waals surface area contributed by atoms with Crippen molar-refractivity contribution in [2.75, 3.05) is 0 Å². The van der Waals surface area contributed by atoms with Crippen LogP contribution in [0.3, 0.4) is 0 Å². The minimum atomic E-state index is 0.710. The van der Waals surface area contributed by atoms with Crippen molar-refractivity contribution >= 4 is 22.7 Å². The Morgan fingerprint density at radius 2 is 2.16 bits per heavy atom. The van der Waals surface area contributed by atoms with Gasteiger partial charge in [0.05, 0.1) is 5.52 Å². The van der Waals surface area contributed by atoms with Crippen molar-refractivity contribution in [2.24, 2.45) is 7.05 Å². The molecular weight excluding hydrogens is 260 g/mol. The van der Waals surface area contributed by atoms with Crippen molar-refractivity contribution in [3.8, 4) is 0 Å². The Labute approximate surface area is 114 Å². The van der Waals surface area contributed by atoms with Crippen LogP contribution in [0.15, 0.2) is 34.7 Å². The highest BCUT2D eigenvalue weighted by molar-refractivity contribution is 7.99. The summed E-state index contributed by atoms with van der Waals surface area (Å²) in [5, 5.41) is 14.0. The predicted octanol–water partition coefficient (Wildman–Crippen LogP) is 1.87. The molecule has 6 nitrogen and oxygen atoms in total. The van der Waals surface area contributed by atoms with Gasteiger partial charge in [0.1, 0.15) is 11.4 Å². The molecule has 2 heterocycles. The second-order valence-electron chi connectivity index (χ2n) is 4.07. The lowest BCUT2D eigenvalue weighted by Crippen LogP contribution is -1.94. The number of rotatable bonds is 3. The molecule has 3 rings (SSSR count). The van der Waals surface area contributed by atoms with E-state index in [4.69, 9.17) is 0 Å². The molecule has 7 heteroatoms. The average Bonchev–Trinajstić information content (AvgIpc) is 2.84. The van der Waals surface area contributed by atoms with Crippen LogP contribution >= 0.6 is 11.8 Å². The fourth-order valence-electron chi connectivity index (χ4n) is 1.78. The van der Waals surface area contributed by atoms with Gasteiger partial charge in [-0.1, -0.05) is 13.0 Å². The minimum Gasteiger partial charge on any atom is -0.236 e. The van der Waals surface area contributed by atoms with Crippen LogP contribution in [0, 0.1) is 0 Å². The van der Waals surface area contributed by atoms with E-state index in [1.165, 1.54) is 17.3 Å². The summed E-state index contributed by atoms with van der Waals surface area (Å²) in [6.07, 6.45) is 2.56. The lowest BCUT2D eigenvalue weighted by atomic mass is 10.1. The second kappa shape index (κ2) is 4.93. The quantitative estimate of drug-likeness (QED) is 0.678. The summed E-state index contributed by atoms with van der Waals surface area (Å²) in [7, 11) is 1.81. The molecule has 19 heavy (non-hydrogen) atoms. The zero-order valence-corrected chi connectivity index (χ0v) is 11.4. The van der Waals surface area contributed by atoms with Crippen molar-refractivity contribution in [1.82, 2.24) is 30.2 Å². The van der Waals surface area contributed by atoms with Crippen molar-refractivity contribution in [1.29, 1.82) is 0 Å². The molecule has 0 aliphatic heterocycles. The molecule has 2 aromatic heterocycles. The van der Waals surface area contributed by atoms with Crippen molar-refractivity contribution in [2.45, 2.75) is 23.5 Å². The molecule has 0 spiro atoms. The van der Waals surface area contributed by atoms with E-state index in [-0.39, 0.29) is 0 Å². The fraction of sp³-hybridized carbons (Fsp3) is 0.250. The van der Waals surface area contributed by atoms with E-state index in [0.29, 0.717) is 5.16 Å². The van der Waals surface area contributed by atoms with Gasteiger partial charge in [0.2, 0.25) is 5.16 Å². The first-order chi connectivity index (χ1) is 9.28. The number of aryl methyl sites for hydroxylation is 2. The Hall–Kier alpha value is -2.02. The van der Waals surface area contributed by atoms with Crippen molar-refractivity contribution in [3.05, 3.63) is 30.1 Å². The van der Waals surface area contributed by atoms with Gasteiger partial charge in [-0.05, 0) is 46.3 Å². The highest BCUT2D eigenvalue weighted by Crippen LogP contribution is 2.29. The molecule has 96 valence electrons. The molecule has 3 aromatic rings. The average molecular weight is 272 g/mol. The molecule has 0 radical (unpaired) electrons. The lowest BCUT2D eigenvalue weighted by Gasteiger charge is -2.05. The normalized spacial score (nSPS) is 11.1. The van der Waals surface area contributed by atoms with Crippen LogP contribution in [0.2, 0.25) is 0 Å². The van der Waals surface area contributed by atoms with Gasteiger partial charge >= 0.3 is 0 Å². The topological polar surface area (TPSA) is 69.4 Å². The molecule has 0 aliphatic carbocycles. The largest absolute Gasteiger partial charge is 0.236 e. The third-order valence-corrected chi connectivity index (χ3v) is 3.89. The third kappa shape index (κ3) is 2.28. The molecular formula is C12H12N6S. The first-order valence-electron chi connectivity index (χ1n) is 5.91. The number of hydrogen-bond acceptors (Lipinski definition) is 6. The molecule has 0 unspecified atom stereocenters. The Balaban J connectivity index is 2.10. The van der Waals surface area contributed by atoms with Crippen LogP contribution in [-0.4, -0.2) is 30.2 Å². The third-order valence-electron chi connectivity index (χ3n) is 2.84. The summed E-state index contributed by atoms with van der Waals surface area (Å²) in [4.78, 5) is 8.63. The van der Waals surface area contributed by atoms with Gasteiger partial charge in [0.15, 0.2) is 0 Å². The van der Waals surface area contributed by atoms with Gasteiger partial charge in [0, 0.05) is 12.4 Å². The van der Waals surface area contributed by atoms with E-state index in [1.807, 2.05) is 13.1 Å². The van der Waals surface area contributed by atoms with Gasteiger partial charge in [0.25, 0.3) is 0 Å². The Bertz CT molecular complexity index is 723. The molecule has 1 aromatic carbocycles. The maximum atomic E-state index is 4.34. The predicted molar refractivity (Wildman–Crippen MR) is 71.8 cm³/mol. The van der Waals surface area contributed by atoms with Crippen LogP contribution < -0.4 is 0 Å². The van der Waals surface area contributed by atoms with E-state index in [2.05, 4.69) is 44.5 Å². The number of tetrazole rings is 1. The maximum absolute atomic E-state index is 4.34.